The first-order valence-electron chi connectivity index (χ1n) is 5.80. The van der Waals surface area contributed by atoms with Crippen molar-refractivity contribution in [3.8, 4) is 5.75 Å². The molecule has 1 rings (SSSR count). The molecule has 1 N–H and O–H groups in total. The lowest BCUT2D eigenvalue weighted by Gasteiger charge is -2.09. The third-order valence-corrected chi connectivity index (χ3v) is 3.02. The van der Waals surface area contributed by atoms with Gasteiger partial charge in [-0.05, 0) is 43.1 Å². The summed E-state index contributed by atoms with van der Waals surface area (Å²) in [5, 5.41) is 3.33. The van der Waals surface area contributed by atoms with Gasteiger partial charge in [0, 0.05) is 18.1 Å². The van der Waals surface area contributed by atoms with Crippen molar-refractivity contribution in [3.05, 3.63) is 28.2 Å². The molecule has 17 heavy (non-hydrogen) atoms. The fraction of sp³-hybridized carbons (Fsp3) is 0.538. The SMILES string of the molecule is COCCNCCCc1cc(Br)ccc1OC. The van der Waals surface area contributed by atoms with Gasteiger partial charge in [-0.25, -0.2) is 0 Å². The lowest BCUT2D eigenvalue weighted by molar-refractivity contribution is 0.199. The Morgan fingerprint density at radius 1 is 1.24 bits per heavy atom. The molecule has 0 aliphatic carbocycles. The maximum absolute atomic E-state index is 5.33. The first kappa shape index (κ1) is 14.5. The van der Waals surface area contributed by atoms with Crippen LogP contribution in [0.15, 0.2) is 22.7 Å². The molecule has 0 radical (unpaired) electrons. The molecular formula is C13H20BrNO2. The summed E-state index contributed by atoms with van der Waals surface area (Å²) in [5.74, 6) is 0.963. The number of nitrogens with one attached hydrogen (secondary N) is 1. The number of benzene rings is 1. The van der Waals surface area contributed by atoms with Crippen LogP contribution in [0, 0.1) is 0 Å². The molecule has 0 heterocycles. The molecule has 0 saturated heterocycles. The maximum Gasteiger partial charge on any atom is 0.122 e. The molecule has 4 heteroatoms. The monoisotopic (exact) mass is 301 g/mol. The van der Waals surface area contributed by atoms with Gasteiger partial charge in [0.05, 0.1) is 13.7 Å². The van der Waals surface area contributed by atoms with E-state index in [4.69, 9.17) is 9.47 Å². The molecule has 0 atom stereocenters. The highest BCUT2D eigenvalue weighted by Crippen LogP contribution is 2.23. The van der Waals surface area contributed by atoms with Crippen LogP contribution in [0.4, 0.5) is 0 Å². The Labute approximate surface area is 112 Å². The van der Waals surface area contributed by atoms with Gasteiger partial charge >= 0.3 is 0 Å². The zero-order chi connectivity index (χ0) is 12.5. The van der Waals surface area contributed by atoms with Crippen molar-refractivity contribution in [3.63, 3.8) is 0 Å². The smallest absolute Gasteiger partial charge is 0.122 e. The van der Waals surface area contributed by atoms with Crippen molar-refractivity contribution in [2.24, 2.45) is 0 Å². The third kappa shape index (κ3) is 5.52. The Balaban J connectivity index is 2.32. The predicted octanol–water partition coefficient (Wildman–Crippen LogP) is 2.63. The number of ether oxygens (including phenoxy) is 2. The third-order valence-electron chi connectivity index (χ3n) is 2.53. The van der Waals surface area contributed by atoms with Crippen LogP contribution < -0.4 is 10.1 Å². The van der Waals surface area contributed by atoms with Crippen LogP contribution in [-0.2, 0) is 11.2 Å². The fourth-order valence-electron chi connectivity index (χ4n) is 1.65. The molecule has 0 amide bonds. The minimum Gasteiger partial charge on any atom is -0.496 e. The second-order valence-corrected chi connectivity index (χ2v) is 4.72. The van der Waals surface area contributed by atoms with Crippen LogP contribution in [-0.4, -0.2) is 33.9 Å². The average molecular weight is 302 g/mol. The number of aryl methyl sites for hydroxylation is 1. The minimum absolute atomic E-state index is 0.764. The molecule has 0 aliphatic heterocycles. The summed E-state index contributed by atoms with van der Waals surface area (Å²) >= 11 is 3.48. The van der Waals surface area contributed by atoms with Crippen LogP contribution in [0.25, 0.3) is 0 Å². The molecular weight excluding hydrogens is 282 g/mol. The molecule has 1 aromatic carbocycles. The molecule has 0 aliphatic rings. The van der Waals surface area contributed by atoms with E-state index < -0.39 is 0 Å². The zero-order valence-electron chi connectivity index (χ0n) is 10.5. The summed E-state index contributed by atoms with van der Waals surface area (Å²) in [4.78, 5) is 0. The summed E-state index contributed by atoms with van der Waals surface area (Å²) in [6.45, 7) is 2.67. The number of hydrogen-bond donors (Lipinski definition) is 1. The van der Waals surface area contributed by atoms with Crippen LogP contribution >= 0.6 is 15.9 Å². The highest BCUT2D eigenvalue weighted by atomic mass is 79.9. The van der Waals surface area contributed by atoms with Gasteiger partial charge in [-0.15, -0.1) is 0 Å². The molecule has 0 spiro atoms. The van der Waals surface area contributed by atoms with Gasteiger partial charge in [0.15, 0.2) is 0 Å². The highest BCUT2D eigenvalue weighted by Gasteiger charge is 2.03. The second kappa shape index (κ2) is 8.50. The topological polar surface area (TPSA) is 30.5 Å². The Morgan fingerprint density at radius 3 is 2.76 bits per heavy atom. The van der Waals surface area contributed by atoms with Gasteiger partial charge in [0.2, 0.25) is 0 Å². The van der Waals surface area contributed by atoms with E-state index in [1.807, 2.05) is 12.1 Å². The van der Waals surface area contributed by atoms with Gasteiger partial charge in [-0.1, -0.05) is 15.9 Å². The first-order chi connectivity index (χ1) is 8.27. The molecule has 0 fully saturated rings. The van der Waals surface area contributed by atoms with E-state index in [2.05, 4.69) is 27.3 Å². The van der Waals surface area contributed by atoms with Gasteiger partial charge in [0.1, 0.15) is 5.75 Å². The molecule has 96 valence electrons. The summed E-state index contributed by atoms with van der Waals surface area (Å²) in [6, 6.07) is 6.12. The second-order valence-electron chi connectivity index (χ2n) is 3.80. The van der Waals surface area contributed by atoms with Crippen molar-refractivity contribution in [2.75, 3.05) is 33.9 Å². The summed E-state index contributed by atoms with van der Waals surface area (Å²) in [5.41, 5.74) is 1.25. The standard InChI is InChI=1S/C13H20BrNO2/c1-16-9-8-15-7-3-4-11-10-12(14)5-6-13(11)17-2/h5-6,10,15H,3-4,7-9H2,1-2H3. The Kier molecular flexibility index (Phi) is 7.24. The van der Waals surface area contributed by atoms with E-state index in [0.717, 1.165) is 42.8 Å². The van der Waals surface area contributed by atoms with Crippen molar-refractivity contribution in [1.29, 1.82) is 0 Å². The predicted molar refractivity (Wildman–Crippen MR) is 73.8 cm³/mol. The molecule has 0 aromatic heterocycles. The zero-order valence-corrected chi connectivity index (χ0v) is 12.0. The van der Waals surface area contributed by atoms with Gasteiger partial charge in [0.25, 0.3) is 0 Å². The molecule has 0 saturated carbocycles. The van der Waals surface area contributed by atoms with E-state index in [0.29, 0.717) is 0 Å². The summed E-state index contributed by atoms with van der Waals surface area (Å²) in [7, 11) is 3.43. The molecule has 0 unspecified atom stereocenters. The lowest BCUT2D eigenvalue weighted by atomic mass is 10.1. The van der Waals surface area contributed by atoms with E-state index >= 15 is 0 Å². The van der Waals surface area contributed by atoms with Gasteiger partial charge < -0.3 is 14.8 Å². The van der Waals surface area contributed by atoms with Gasteiger partial charge in [-0.2, -0.15) is 0 Å². The lowest BCUT2D eigenvalue weighted by Crippen LogP contribution is -2.20. The van der Waals surface area contributed by atoms with Crippen LogP contribution in [0.1, 0.15) is 12.0 Å². The maximum atomic E-state index is 5.33. The van der Waals surface area contributed by atoms with Crippen LogP contribution in [0.5, 0.6) is 5.75 Å². The Bertz CT molecular complexity index is 331. The normalized spacial score (nSPS) is 10.5. The Hall–Kier alpha value is -0.580. The molecule has 1 aromatic rings. The summed E-state index contributed by atoms with van der Waals surface area (Å²) in [6.07, 6.45) is 2.11. The number of methoxy groups -OCH3 is 2. The fourth-order valence-corrected chi connectivity index (χ4v) is 2.05. The Morgan fingerprint density at radius 2 is 2.06 bits per heavy atom. The minimum atomic E-state index is 0.764. The van der Waals surface area contributed by atoms with E-state index in [1.165, 1.54) is 5.56 Å². The van der Waals surface area contributed by atoms with E-state index in [1.54, 1.807) is 14.2 Å². The van der Waals surface area contributed by atoms with Crippen LogP contribution in [0.2, 0.25) is 0 Å². The molecule has 0 bridgehead atoms. The van der Waals surface area contributed by atoms with Crippen LogP contribution in [0.3, 0.4) is 0 Å². The number of rotatable bonds is 8. The van der Waals surface area contributed by atoms with Crippen molar-refractivity contribution >= 4 is 15.9 Å². The van der Waals surface area contributed by atoms with Crippen molar-refractivity contribution < 1.29 is 9.47 Å². The van der Waals surface area contributed by atoms with Crippen molar-refractivity contribution in [2.45, 2.75) is 12.8 Å². The summed E-state index contributed by atoms with van der Waals surface area (Å²) < 4.78 is 11.4. The highest BCUT2D eigenvalue weighted by molar-refractivity contribution is 9.10. The quantitative estimate of drug-likeness (QED) is 0.749. The van der Waals surface area contributed by atoms with Crippen molar-refractivity contribution in [1.82, 2.24) is 5.32 Å². The average Bonchev–Trinajstić information content (AvgIpc) is 2.34. The molecule has 3 nitrogen and oxygen atoms in total. The largest absolute Gasteiger partial charge is 0.496 e. The van der Waals surface area contributed by atoms with E-state index in [-0.39, 0.29) is 0 Å². The number of halogens is 1. The van der Waals surface area contributed by atoms with Gasteiger partial charge in [-0.3, -0.25) is 0 Å². The van der Waals surface area contributed by atoms with E-state index in [9.17, 15) is 0 Å². The number of hydrogen-bond acceptors (Lipinski definition) is 3. The first-order valence-corrected chi connectivity index (χ1v) is 6.59.